The molecule has 0 radical (unpaired) electrons. The number of anilines is 1. The smallest absolute Gasteiger partial charge is 0.121 e. The summed E-state index contributed by atoms with van der Waals surface area (Å²) in [7, 11) is 1.66. The highest BCUT2D eigenvalue weighted by Crippen LogP contribution is 2.21. The molecule has 3 nitrogen and oxygen atoms in total. The molecule has 3 heteroatoms. The van der Waals surface area contributed by atoms with Crippen LogP contribution in [0.3, 0.4) is 0 Å². The van der Waals surface area contributed by atoms with Gasteiger partial charge in [0.1, 0.15) is 5.75 Å². The summed E-state index contributed by atoms with van der Waals surface area (Å²) in [6, 6.07) is 7.97. The van der Waals surface area contributed by atoms with E-state index in [9.17, 15) is 0 Å². The van der Waals surface area contributed by atoms with Crippen LogP contribution in [-0.4, -0.2) is 13.7 Å². The molecule has 0 unspecified atom stereocenters. The van der Waals surface area contributed by atoms with Gasteiger partial charge in [-0.1, -0.05) is 0 Å². The monoisotopic (exact) mass is 190 g/mol. The fourth-order valence-corrected chi connectivity index (χ4v) is 1.25. The molecule has 0 aliphatic heterocycles. The van der Waals surface area contributed by atoms with Crippen LogP contribution in [0.15, 0.2) is 18.2 Å². The fraction of sp³-hybridized carbons (Fsp3) is 0.364. The lowest BCUT2D eigenvalue weighted by atomic mass is 10.2. The number of aryl methyl sites for hydroxylation is 1. The second-order valence-corrected chi connectivity index (χ2v) is 3.02. The topological polar surface area (TPSA) is 45.0 Å². The molecule has 0 aliphatic carbocycles. The number of ether oxygens (including phenoxy) is 1. The van der Waals surface area contributed by atoms with Crippen LogP contribution in [0.4, 0.5) is 5.69 Å². The van der Waals surface area contributed by atoms with Crippen molar-refractivity contribution in [3.63, 3.8) is 0 Å². The Labute approximate surface area is 84.3 Å². The minimum atomic E-state index is 0.519. The molecule has 74 valence electrons. The fourth-order valence-electron chi connectivity index (χ4n) is 1.25. The van der Waals surface area contributed by atoms with Crippen molar-refractivity contribution in [2.45, 2.75) is 13.3 Å². The molecule has 0 fully saturated rings. The maximum Gasteiger partial charge on any atom is 0.121 e. The number of hydrogen-bond acceptors (Lipinski definition) is 3. The van der Waals surface area contributed by atoms with Gasteiger partial charge in [-0.25, -0.2) is 0 Å². The molecule has 1 aromatic carbocycles. The Balaban J connectivity index is 2.63. The van der Waals surface area contributed by atoms with E-state index >= 15 is 0 Å². The quantitative estimate of drug-likeness (QED) is 0.741. The molecule has 0 aliphatic rings. The highest BCUT2D eigenvalue weighted by atomic mass is 16.5. The average Bonchev–Trinajstić information content (AvgIpc) is 2.18. The van der Waals surface area contributed by atoms with Crippen LogP contribution in [0, 0.1) is 18.3 Å². The number of nitrogens with zero attached hydrogens (tertiary/aromatic N) is 1. The standard InChI is InChI=1S/C11H14N2O/c1-9-8-10(13-7-3-6-12)4-5-11(9)14-2/h4-5,8,13H,3,7H2,1-2H3. The molecular formula is C11H14N2O. The van der Waals surface area contributed by atoms with E-state index in [-0.39, 0.29) is 0 Å². The highest BCUT2D eigenvalue weighted by molar-refractivity contribution is 5.50. The van der Waals surface area contributed by atoms with E-state index in [0.29, 0.717) is 13.0 Å². The summed E-state index contributed by atoms with van der Waals surface area (Å²) in [5.41, 5.74) is 2.12. The van der Waals surface area contributed by atoms with E-state index in [0.717, 1.165) is 17.0 Å². The van der Waals surface area contributed by atoms with Crippen LogP contribution >= 0.6 is 0 Å². The first-order chi connectivity index (χ1) is 6.77. The lowest BCUT2D eigenvalue weighted by Gasteiger charge is -2.08. The average molecular weight is 190 g/mol. The summed E-state index contributed by atoms with van der Waals surface area (Å²) in [5.74, 6) is 0.885. The largest absolute Gasteiger partial charge is 0.496 e. The van der Waals surface area contributed by atoms with Gasteiger partial charge in [-0.3, -0.25) is 0 Å². The second kappa shape index (κ2) is 5.13. The third-order valence-corrected chi connectivity index (χ3v) is 1.96. The zero-order valence-corrected chi connectivity index (χ0v) is 8.50. The van der Waals surface area contributed by atoms with Crippen LogP contribution < -0.4 is 10.1 Å². The highest BCUT2D eigenvalue weighted by Gasteiger charge is 1.98. The van der Waals surface area contributed by atoms with E-state index in [1.807, 2.05) is 25.1 Å². The Morgan fingerprint density at radius 2 is 2.29 bits per heavy atom. The van der Waals surface area contributed by atoms with Crippen molar-refractivity contribution in [2.75, 3.05) is 19.0 Å². The van der Waals surface area contributed by atoms with Gasteiger partial charge in [0.2, 0.25) is 0 Å². The van der Waals surface area contributed by atoms with Crippen molar-refractivity contribution in [1.82, 2.24) is 0 Å². The first-order valence-corrected chi connectivity index (χ1v) is 4.53. The van der Waals surface area contributed by atoms with Crippen molar-refractivity contribution in [1.29, 1.82) is 5.26 Å². The van der Waals surface area contributed by atoms with Gasteiger partial charge in [0, 0.05) is 12.2 Å². The van der Waals surface area contributed by atoms with E-state index in [1.165, 1.54) is 0 Å². The van der Waals surface area contributed by atoms with E-state index in [1.54, 1.807) is 7.11 Å². The van der Waals surface area contributed by atoms with Gasteiger partial charge < -0.3 is 10.1 Å². The molecule has 0 atom stereocenters. The molecule has 0 amide bonds. The number of benzene rings is 1. The van der Waals surface area contributed by atoms with E-state index in [2.05, 4.69) is 11.4 Å². The minimum Gasteiger partial charge on any atom is -0.496 e. The van der Waals surface area contributed by atoms with Crippen LogP contribution in [0.2, 0.25) is 0 Å². The van der Waals surface area contributed by atoms with Crippen LogP contribution in [-0.2, 0) is 0 Å². The Hall–Kier alpha value is -1.69. The molecule has 0 aromatic heterocycles. The number of nitriles is 1. The number of methoxy groups -OCH3 is 1. The Morgan fingerprint density at radius 1 is 1.50 bits per heavy atom. The van der Waals surface area contributed by atoms with Gasteiger partial charge in [-0.2, -0.15) is 5.26 Å². The minimum absolute atomic E-state index is 0.519. The van der Waals surface area contributed by atoms with Crippen molar-refractivity contribution >= 4 is 5.69 Å². The van der Waals surface area contributed by atoms with Gasteiger partial charge in [0.05, 0.1) is 19.6 Å². The molecular weight excluding hydrogens is 176 g/mol. The van der Waals surface area contributed by atoms with Gasteiger partial charge in [0.15, 0.2) is 0 Å². The normalized spacial score (nSPS) is 9.21. The summed E-state index contributed by atoms with van der Waals surface area (Å²) in [4.78, 5) is 0. The molecule has 0 saturated carbocycles. The third-order valence-electron chi connectivity index (χ3n) is 1.96. The molecule has 14 heavy (non-hydrogen) atoms. The molecule has 0 bridgehead atoms. The molecule has 0 spiro atoms. The zero-order valence-electron chi connectivity index (χ0n) is 8.50. The molecule has 0 saturated heterocycles. The first-order valence-electron chi connectivity index (χ1n) is 4.53. The molecule has 1 rings (SSSR count). The molecule has 1 N–H and O–H groups in total. The summed E-state index contributed by atoms with van der Waals surface area (Å²) >= 11 is 0. The van der Waals surface area contributed by atoms with Crippen LogP contribution in [0.5, 0.6) is 5.75 Å². The zero-order chi connectivity index (χ0) is 10.4. The SMILES string of the molecule is COc1ccc(NCCC#N)cc1C. The van der Waals surface area contributed by atoms with E-state index in [4.69, 9.17) is 10.00 Å². The molecule has 0 heterocycles. The van der Waals surface area contributed by atoms with Gasteiger partial charge in [0.25, 0.3) is 0 Å². The van der Waals surface area contributed by atoms with E-state index < -0.39 is 0 Å². The Morgan fingerprint density at radius 3 is 2.86 bits per heavy atom. The molecule has 1 aromatic rings. The van der Waals surface area contributed by atoms with Crippen molar-refractivity contribution in [3.8, 4) is 11.8 Å². The first kappa shape index (κ1) is 10.4. The summed E-state index contributed by atoms with van der Waals surface area (Å²) in [6.45, 7) is 2.68. The van der Waals surface area contributed by atoms with Crippen molar-refractivity contribution in [2.24, 2.45) is 0 Å². The maximum absolute atomic E-state index is 8.37. The number of nitrogens with one attached hydrogen (secondary N) is 1. The summed E-state index contributed by atoms with van der Waals surface area (Å²) in [6.07, 6.45) is 0.519. The Kier molecular flexibility index (Phi) is 3.81. The van der Waals surface area contributed by atoms with Crippen molar-refractivity contribution in [3.05, 3.63) is 23.8 Å². The predicted molar refractivity (Wildman–Crippen MR) is 56.5 cm³/mol. The van der Waals surface area contributed by atoms with Crippen LogP contribution in [0.1, 0.15) is 12.0 Å². The predicted octanol–water partition coefficient (Wildman–Crippen LogP) is 2.33. The Bertz CT molecular complexity index is 342. The van der Waals surface area contributed by atoms with Crippen molar-refractivity contribution < 1.29 is 4.74 Å². The van der Waals surface area contributed by atoms with Crippen LogP contribution in [0.25, 0.3) is 0 Å². The summed E-state index contributed by atoms with van der Waals surface area (Å²) in [5, 5.41) is 11.5. The van der Waals surface area contributed by atoms with Gasteiger partial charge in [-0.05, 0) is 30.7 Å². The van der Waals surface area contributed by atoms with Gasteiger partial charge >= 0.3 is 0 Å². The summed E-state index contributed by atoms with van der Waals surface area (Å²) < 4.78 is 5.15. The lowest BCUT2D eigenvalue weighted by molar-refractivity contribution is 0.412. The number of hydrogen-bond donors (Lipinski definition) is 1. The lowest BCUT2D eigenvalue weighted by Crippen LogP contribution is -2.00. The maximum atomic E-state index is 8.37. The third kappa shape index (κ3) is 2.67. The number of rotatable bonds is 4. The second-order valence-electron chi connectivity index (χ2n) is 3.02. The van der Waals surface area contributed by atoms with Gasteiger partial charge in [-0.15, -0.1) is 0 Å².